The molecule has 2 rings (SSSR count). The molecule has 110 valence electrons. The number of likely N-dealkylation sites (N-methyl/N-ethyl adjacent to an activating group) is 1. The minimum absolute atomic E-state index is 0.0400. The van der Waals surface area contributed by atoms with Crippen LogP contribution in [0.15, 0.2) is 12.4 Å². The minimum atomic E-state index is -0.519. The zero-order valence-corrected chi connectivity index (χ0v) is 11.9. The normalized spacial score (nSPS) is 22.5. The molecule has 1 aliphatic rings. The SMILES string of the molecule is CC1C(N(C)C)CCN1C(=O)Cn1cc([N+](=O)[O-])cn1. The van der Waals surface area contributed by atoms with Crippen LogP contribution in [0.4, 0.5) is 5.69 Å². The summed E-state index contributed by atoms with van der Waals surface area (Å²) in [5.74, 6) is -0.0557. The molecule has 0 aliphatic carbocycles. The van der Waals surface area contributed by atoms with Gasteiger partial charge >= 0.3 is 5.69 Å². The largest absolute Gasteiger partial charge is 0.337 e. The molecule has 0 radical (unpaired) electrons. The zero-order chi connectivity index (χ0) is 14.9. The number of carbonyl (C=O) groups is 1. The summed E-state index contributed by atoms with van der Waals surface area (Å²) in [6, 6.07) is 0.494. The van der Waals surface area contributed by atoms with Gasteiger partial charge in [0.2, 0.25) is 5.91 Å². The van der Waals surface area contributed by atoms with Gasteiger partial charge < -0.3 is 9.80 Å². The number of likely N-dealkylation sites (tertiary alicyclic amines) is 1. The van der Waals surface area contributed by atoms with Crippen LogP contribution >= 0.6 is 0 Å². The predicted molar refractivity (Wildman–Crippen MR) is 72.1 cm³/mol. The molecule has 20 heavy (non-hydrogen) atoms. The van der Waals surface area contributed by atoms with Crippen LogP contribution in [0.25, 0.3) is 0 Å². The van der Waals surface area contributed by atoms with E-state index in [1.165, 1.54) is 10.9 Å². The van der Waals surface area contributed by atoms with E-state index in [4.69, 9.17) is 0 Å². The Kier molecular flexibility index (Phi) is 4.03. The molecule has 1 saturated heterocycles. The monoisotopic (exact) mass is 281 g/mol. The highest BCUT2D eigenvalue weighted by molar-refractivity contribution is 5.76. The third-order valence-electron chi connectivity index (χ3n) is 3.83. The quantitative estimate of drug-likeness (QED) is 0.587. The van der Waals surface area contributed by atoms with Crippen molar-refractivity contribution in [2.24, 2.45) is 0 Å². The third kappa shape index (κ3) is 2.79. The summed E-state index contributed by atoms with van der Waals surface area (Å²) in [7, 11) is 4.01. The maximum atomic E-state index is 12.2. The molecule has 0 bridgehead atoms. The van der Waals surface area contributed by atoms with Crippen LogP contribution in [0.3, 0.4) is 0 Å². The number of amides is 1. The number of nitro groups is 1. The van der Waals surface area contributed by atoms with E-state index in [1.54, 1.807) is 0 Å². The molecule has 1 aromatic heterocycles. The van der Waals surface area contributed by atoms with Gasteiger partial charge in [0.1, 0.15) is 18.9 Å². The zero-order valence-electron chi connectivity index (χ0n) is 11.9. The Balaban J connectivity index is 2.00. The Morgan fingerprint density at radius 2 is 2.30 bits per heavy atom. The van der Waals surface area contributed by atoms with E-state index >= 15 is 0 Å². The van der Waals surface area contributed by atoms with Crippen molar-refractivity contribution in [2.45, 2.75) is 32.0 Å². The molecule has 1 fully saturated rings. The first-order valence-corrected chi connectivity index (χ1v) is 6.53. The number of nitrogens with zero attached hydrogens (tertiary/aromatic N) is 5. The molecule has 8 nitrogen and oxygen atoms in total. The fourth-order valence-electron chi connectivity index (χ4n) is 2.73. The van der Waals surface area contributed by atoms with Gasteiger partial charge in [-0.3, -0.25) is 19.6 Å². The molecule has 0 spiro atoms. The van der Waals surface area contributed by atoms with Crippen LogP contribution in [-0.2, 0) is 11.3 Å². The number of hydrogen-bond donors (Lipinski definition) is 0. The van der Waals surface area contributed by atoms with E-state index in [0.29, 0.717) is 12.6 Å². The smallest absolute Gasteiger partial charge is 0.307 e. The maximum Gasteiger partial charge on any atom is 0.307 e. The first-order chi connectivity index (χ1) is 9.40. The summed E-state index contributed by atoms with van der Waals surface area (Å²) >= 11 is 0. The van der Waals surface area contributed by atoms with Crippen LogP contribution < -0.4 is 0 Å². The van der Waals surface area contributed by atoms with E-state index in [0.717, 1.165) is 12.6 Å². The topological polar surface area (TPSA) is 84.5 Å². The lowest BCUT2D eigenvalue weighted by molar-refractivity contribution is -0.385. The van der Waals surface area contributed by atoms with Crippen molar-refractivity contribution < 1.29 is 9.72 Å². The van der Waals surface area contributed by atoms with Crippen molar-refractivity contribution in [3.8, 4) is 0 Å². The molecule has 2 heterocycles. The van der Waals surface area contributed by atoms with Gasteiger partial charge in [0.05, 0.1) is 4.92 Å². The van der Waals surface area contributed by atoms with Gasteiger partial charge in [-0.05, 0) is 27.4 Å². The van der Waals surface area contributed by atoms with E-state index in [-0.39, 0.29) is 24.2 Å². The van der Waals surface area contributed by atoms with E-state index in [2.05, 4.69) is 10.00 Å². The molecule has 8 heteroatoms. The first-order valence-electron chi connectivity index (χ1n) is 6.53. The molecule has 0 aromatic carbocycles. The fraction of sp³-hybridized carbons (Fsp3) is 0.667. The van der Waals surface area contributed by atoms with E-state index in [1.807, 2.05) is 25.9 Å². The van der Waals surface area contributed by atoms with Crippen molar-refractivity contribution in [3.63, 3.8) is 0 Å². The Hall–Kier alpha value is -1.96. The summed E-state index contributed by atoms with van der Waals surface area (Å²) in [4.78, 5) is 26.2. The summed E-state index contributed by atoms with van der Waals surface area (Å²) in [5.41, 5.74) is -0.0987. The standard InChI is InChI=1S/C12H19N5O3/c1-9-11(14(2)3)4-5-16(9)12(18)8-15-7-10(6-13-15)17(19)20/h6-7,9,11H,4-5,8H2,1-3H3. The summed E-state index contributed by atoms with van der Waals surface area (Å²) in [6.45, 7) is 2.78. The van der Waals surface area contributed by atoms with Crippen LogP contribution in [0.1, 0.15) is 13.3 Å². The molecule has 1 aromatic rings. The molecular weight excluding hydrogens is 262 g/mol. The van der Waals surface area contributed by atoms with Gasteiger partial charge in [-0.1, -0.05) is 0 Å². The van der Waals surface area contributed by atoms with Crippen molar-refractivity contribution in [3.05, 3.63) is 22.5 Å². The molecule has 0 saturated carbocycles. The second-order valence-corrected chi connectivity index (χ2v) is 5.30. The van der Waals surface area contributed by atoms with Crippen LogP contribution in [0, 0.1) is 10.1 Å². The van der Waals surface area contributed by atoms with Gasteiger partial charge in [0.25, 0.3) is 0 Å². The lowest BCUT2D eigenvalue weighted by Crippen LogP contribution is -2.43. The Morgan fingerprint density at radius 1 is 1.60 bits per heavy atom. The number of rotatable bonds is 4. The van der Waals surface area contributed by atoms with Gasteiger partial charge in [0.15, 0.2) is 0 Å². The second-order valence-electron chi connectivity index (χ2n) is 5.30. The average molecular weight is 281 g/mol. The lowest BCUT2D eigenvalue weighted by atomic mass is 10.1. The summed E-state index contributed by atoms with van der Waals surface area (Å²) < 4.78 is 1.32. The fourth-order valence-corrected chi connectivity index (χ4v) is 2.73. The highest BCUT2D eigenvalue weighted by Gasteiger charge is 2.34. The van der Waals surface area contributed by atoms with E-state index < -0.39 is 4.92 Å². The highest BCUT2D eigenvalue weighted by atomic mass is 16.6. The van der Waals surface area contributed by atoms with Crippen molar-refractivity contribution in [1.82, 2.24) is 19.6 Å². The molecule has 1 aliphatic heterocycles. The van der Waals surface area contributed by atoms with Gasteiger partial charge in [0, 0.05) is 18.6 Å². The second kappa shape index (κ2) is 5.58. The average Bonchev–Trinajstić information content (AvgIpc) is 2.95. The number of aromatic nitrogens is 2. The number of carbonyl (C=O) groups excluding carboxylic acids is 1. The molecular formula is C12H19N5O3. The Bertz CT molecular complexity index is 513. The molecule has 1 amide bonds. The summed E-state index contributed by atoms with van der Waals surface area (Å²) in [6.07, 6.45) is 3.38. The maximum absolute atomic E-state index is 12.2. The van der Waals surface area contributed by atoms with Gasteiger partial charge in [-0.2, -0.15) is 5.10 Å². The van der Waals surface area contributed by atoms with Crippen molar-refractivity contribution in [2.75, 3.05) is 20.6 Å². The van der Waals surface area contributed by atoms with E-state index in [9.17, 15) is 14.9 Å². The van der Waals surface area contributed by atoms with Crippen LogP contribution in [0.5, 0.6) is 0 Å². The predicted octanol–water partition coefficient (Wildman–Crippen LogP) is 0.342. The lowest BCUT2D eigenvalue weighted by Gasteiger charge is -2.28. The minimum Gasteiger partial charge on any atom is -0.337 e. The Labute approximate surface area is 117 Å². The molecule has 2 unspecified atom stereocenters. The van der Waals surface area contributed by atoms with Gasteiger partial charge in [-0.25, -0.2) is 0 Å². The van der Waals surface area contributed by atoms with Crippen LogP contribution in [-0.4, -0.2) is 63.1 Å². The molecule has 2 atom stereocenters. The molecule has 0 N–H and O–H groups in total. The number of hydrogen-bond acceptors (Lipinski definition) is 5. The first kappa shape index (κ1) is 14.4. The third-order valence-corrected chi connectivity index (χ3v) is 3.83. The van der Waals surface area contributed by atoms with Crippen LogP contribution in [0.2, 0.25) is 0 Å². The van der Waals surface area contributed by atoms with Crippen molar-refractivity contribution >= 4 is 11.6 Å². The van der Waals surface area contributed by atoms with Gasteiger partial charge in [-0.15, -0.1) is 0 Å². The summed E-state index contributed by atoms with van der Waals surface area (Å²) in [5, 5.41) is 14.4. The van der Waals surface area contributed by atoms with Crippen molar-refractivity contribution in [1.29, 1.82) is 0 Å². The Morgan fingerprint density at radius 3 is 2.80 bits per heavy atom. The highest BCUT2D eigenvalue weighted by Crippen LogP contribution is 2.21.